The molecule has 0 heterocycles. The van der Waals surface area contributed by atoms with Crippen molar-refractivity contribution in [2.45, 2.75) is 6.32 Å². The molecular weight excluding hydrogens is 85.8 g/mol. The van der Waals surface area contributed by atoms with Crippen LogP contribution in [0.25, 0.3) is 0 Å². The van der Waals surface area contributed by atoms with Gasteiger partial charge in [-0.3, -0.25) is 4.79 Å². The van der Waals surface area contributed by atoms with Crippen molar-refractivity contribution >= 4 is 13.5 Å². The third-order valence-corrected chi connectivity index (χ3v) is 0.308. The van der Waals surface area contributed by atoms with Gasteiger partial charge in [-0.05, 0) is 0 Å². The van der Waals surface area contributed by atoms with E-state index in [4.69, 9.17) is 5.11 Å². The van der Waals surface area contributed by atoms with Crippen LogP contribution < -0.4 is 0 Å². The van der Waals surface area contributed by atoms with Crippen LogP contribution in [0.2, 0.25) is 6.32 Å². The SMILES string of the molecule is O=C(O)CBF. The molecule has 0 rings (SSSR count). The summed E-state index contributed by atoms with van der Waals surface area (Å²) in [5, 5.41) is 7.67. The number of carbonyl (C=O) groups is 1. The molecule has 0 aliphatic heterocycles. The van der Waals surface area contributed by atoms with E-state index in [1.165, 1.54) is 0 Å². The lowest BCUT2D eigenvalue weighted by molar-refractivity contribution is -0.134. The summed E-state index contributed by atoms with van der Waals surface area (Å²) in [6, 6.07) is 0. The molecule has 6 heavy (non-hydrogen) atoms. The van der Waals surface area contributed by atoms with E-state index in [-0.39, 0.29) is 6.32 Å². The summed E-state index contributed by atoms with van der Waals surface area (Å²) in [6.07, 6.45) is -0.375. The van der Waals surface area contributed by atoms with Gasteiger partial charge in [-0.25, -0.2) is 0 Å². The fraction of sp³-hybridized carbons (Fsp3) is 0.500. The quantitative estimate of drug-likeness (QED) is 0.477. The summed E-state index contributed by atoms with van der Waals surface area (Å²) in [5.41, 5.74) is 0. The molecule has 0 atom stereocenters. The van der Waals surface area contributed by atoms with Crippen molar-refractivity contribution in [1.29, 1.82) is 0 Å². The molecule has 0 saturated carbocycles. The lowest BCUT2D eigenvalue weighted by Crippen LogP contribution is -1.94. The number of carboxylic acids is 1. The summed E-state index contributed by atoms with van der Waals surface area (Å²) in [4.78, 5) is 9.36. The molecule has 0 spiro atoms. The second-order valence-electron chi connectivity index (χ2n) is 0.833. The van der Waals surface area contributed by atoms with Gasteiger partial charge in [-0.1, -0.05) is 0 Å². The minimum Gasteiger partial charge on any atom is -0.482 e. The van der Waals surface area contributed by atoms with E-state index >= 15 is 0 Å². The van der Waals surface area contributed by atoms with E-state index in [2.05, 4.69) is 0 Å². The van der Waals surface area contributed by atoms with Crippen LogP contribution in [-0.2, 0) is 4.79 Å². The van der Waals surface area contributed by atoms with Gasteiger partial charge in [-0.2, -0.15) is 0 Å². The molecular formula is C2H4BFO2. The van der Waals surface area contributed by atoms with Crippen molar-refractivity contribution in [3.8, 4) is 0 Å². The van der Waals surface area contributed by atoms with Gasteiger partial charge < -0.3 is 9.42 Å². The molecule has 0 bridgehead atoms. The molecule has 0 aromatic rings. The van der Waals surface area contributed by atoms with E-state index in [1.54, 1.807) is 0 Å². The van der Waals surface area contributed by atoms with Crippen LogP contribution in [-0.4, -0.2) is 18.6 Å². The zero-order valence-electron chi connectivity index (χ0n) is 3.15. The Kier molecular flexibility index (Phi) is 2.45. The minimum atomic E-state index is -1.09. The van der Waals surface area contributed by atoms with Crippen molar-refractivity contribution < 1.29 is 14.2 Å². The van der Waals surface area contributed by atoms with E-state index in [0.29, 0.717) is 0 Å². The van der Waals surface area contributed by atoms with Gasteiger partial charge in [0.15, 0.2) is 0 Å². The molecule has 0 saturated heterocycles. The predicted octanol–water partition coefficient (Wildman–Crippen LogP) is -0.190. The third kappa shape index (κ3) is 3.46. The topological polar surface area (TPSA) is 37.3 Å². The molecule has 0 aliphatic carbocycles. The average molecular weight is 89.9 g/mol. The van der Waals surface area contributed by atoms with Crippen LogP contribution in [0.5, 0.6) is 0 Å². The largest absolute Gasteiger partial charge is 0.482 e. The molecule has 0 radical (unpaired) electrons. The number of rotatable bonds is 2. The highest BCUT2D eigenvalue weighted by Gasteiger charge is 1.93. The van der Waals surface area contributed by atoms with E-state index < -0.39 is 13.5 Å². The number of hydrogen-bond acceptors (Lipinski definition) is 1. The molecule has 0 unspecified atom stereocenters. The maximum absolute atomic E-state index is 10.9. The fourth-order valence-corrected chi connectivity index (χ4v) is 0.0808. The smallest absolute Gasteiger partial charge is 0.342 e. The van der Waals surface area contributed by atoms with Crippen LogP contribution in [0.4, 0.5) is 4.32 Å². The van der Waals surface area contributed by atoms with Crippen LogP contribution in [0, 0.1) is 0 Å². The first-order valence-electron chi connectivity index (χ1n) is 1.55. The molecule has 0 aromatic heterocycles. The Morgan fingerprint density at radius 1 is 2.00 bits per heavy atom. The molecule has 2 nitrogen and oxygen atoms in total. The summed E-state index contributed by atoms with van der Waals surface area (Å²) in [6.45, 7) is 0. The Bertz CT molecular complexity index is 55.5. The molecule has 0 amide bonds. The average Bonchev–Trinajstić information content (AvgIpc) is 1.35. The predicted molar refractivity (Wildman–Crippen MR) is 20.7 cm³/mol. The molecule has 34 valence electrons. The molecule has 0 aromatic carbocycles. The van der Waals surface area contributed by atoms with Crippen LogP contribution in [0.15, 0.2) is 0 Å². The highest BCUT2D eigenvalue weighted by Crippen LogP contribution is 1.74. The van der Waals surface area contributed by atoms with Crippen molar-refractivity contribution in [3.05, 3.63) is 0 Å². The minimum absolute atomic E-state index is 0.375. The Hall–Kier alpha value is -0.535. The number of halogens is 1. The molecule has 1 N–H and O–H groups in total. The van der Waals surface area contributed by atoms with Gasteiger partial charge in [0.05, 0.1) is 6.32 Å². The number of carboxylic acid groups (broad SMARTS) is 1. The van der Waals surface area contributed by atoms with E-state index in [1.807, 2.05) is 0 Å². The standard InChI is InChI=1S/C2H4BFO2/c4-3-1-2(5)6/h3H,1H2,(H,5,6). The monoisotopic (exact) mass is 90.0 g/mol. The maximum atomic E-state index is 10.9. The second-order valence-corrected chi connectivity index (χ2v) is 0.833. The lowest BCUT2D eigenvalue weighted by Gasteiger charge is -1.75. The Balaban J connectivity index is 2.83. The van der Waals surface area contributed by atoms with E-state index in [9.17, 15) is 9.11 Å². The summed E-state index contributed by atoms with van der Waals surface area (Å²) < 4.78 is 10.9. The van der Waals surface area contributed by atoms with Crippen molar-refractivity contribution in [3.63, 3.8) is 0 Å². The number of aliphatic carboxylic acids is 1. The van der Waals surface area contributed by atoms with Gasteiger partial charge in [0.1, 0.15) is 0 Å². The lowest BCUT2D eigenvalue weighted by atomic mass is 10.0. The Morgan fingerprint density at radius 2 is 2.50 bits per heavy atom. The highest BCUT2D eigenvalue weighted by molar-refractivity contribution is 6.32. The summed E-state index contributed by atoms with van der Waals surface area (Å²) >= 11 is 0. The van der Waals surface area contributed by atoms with Crippen LogP contribution >= 0.6 is 0 Å². The van der Waals surface area contributed by atoms with Gasteiger partial charge in [0, 0.05) is 0 Å². The summed E-state index contributed by atoms with van der Waals surface area (Å²) in [5.74, 6) is -1.09. The van der Waals surface area contributed by atoms with Gasteiger partial charge in [-0.15, -0.1) is 0 Å². The molecule has 0 fully saturated rings. The van der Waals surface area contributed by atoms with Gasteiger partial charge >= 0.3 is 7.56 Å². The van der Waals surface area contributed by atoms with Gasteiger partial charge in [0.2, 0.25) is 0 Å². The first kappa shape index (κ1) is 5.46. The normalized spacial score (nSPS) is 7.50. The highest BCUT2D eigenvalue weighted by atomic mass is 19.1. The second kappa shape index (κ2) is 2.69. The van der Waals surface area contributed by atoms with Gasteiger partial charge in [0.25, 0.3) is 5.97 Å². The number of hydrogen-bond donors (Lipinski definition) is 1. The Morgan fingerprint density at radius 3 is 2.50 bits per heavy atom. The first-order valence-corrected chi connectivity index (χ1v) is 1.55. The fourth-order valence-electron chi connectivity index (χ4n) is 0.0808. The van der Waals surface area contributed by atoms with Crippen molar-refractivity contribution in [2.24, 2.45) is 0 Å². The molecule has 4 heteroatoms. The Labute approximate surface area is 35.3 Å². The van der Waals surface area contributed by atoms with Crippen molar-refractivity contribution in [2.75, 3.05) is 0 Å². The zero-order valence-corrected chi connectivity index (χ0v) is 3.15. The van der Waals surface area contributed by atoms with Crippen LogP contribution in [0.1, 0.15) is 0 Å². The molecule has 0 aliphatic rings. The maximum Gasteiger partial charge on any atom is 0.342 e. The zero-order chi connectivity index (χ0) is 4.99. The van der Waals surface area contributed by atoms with E-state index in [0.717, 1.165) is 0 Å². The first-order chi connectivity index (χ1) is 2.77. The van der Waals surface area contributed by atoms with Crippen molar-refractivity contribution in [1.82, 2.24) is 0 Å². The summed E-state index contributed by atoms with van der Waals surface area (Å²) in [7, 11) is -0.769. The van der Waals surface area contributed by atoms with Crippen LogP contribution in [0.3, 0.4) is 0 Å². The third-order valence-electron chi connectivity index (χ3n) is 0.308.